The number of carbonyl (C=O) groups excluding carboxylic acids is 2. The van der Waals surface area contributed by atoms with Gasteiger partial charge in [-0.1, -0.05) is 11.6 Å². The molecule has 8 nitrogen and oxygen atoms in total. The fraction of sp³-hybridized carbons (Fsp3) is 0.625. The predicted octanol–water partition coefficient (Wildman–Crippen LogP) is 5.97. The van der Waals surface area contributed by atoms with E-state index >= 15 is 0 Å². The van der Waals surface area contributed by atoms with Crippen molar-refractivity contribution < 1.29 is 14.3 Å². The number of pyridine rings is 1. The van der Waals surface area contributed by atoms with Gasteiger partial charge in [0.2, 0.25) is 0 Å². The highest BCUT2D eigenvalue weighted by Crippen LogP contribution is 2.40. The van der Waals surface area contributed by atoms with Gasteiger partial charge >= 0.3 is 0 Å². The Morgan fingerprint density at radius 3 is 2.57 bits per heavy atom. The van der Waals surface area contributed by atoms with Gasteiger partial charge in [-0.05, 0) is 90.0 Å². The highest BCUT2D eigenvalue weighted by molar-refractivity contribution is 8.02. The molecule has 2 amide bonds. The highest BCUT2D eigenvalue weighted by atomic mass is 35.5. The van der Waals surface area contributed by atoms with E-state index in [1.54, 1.807) is 6.20 Å². The lowest BCUT2D eigenvalue weighted by Crippen LogP contribution is -2.58. The second-order valence-electron chi connectivity index (χ2n) is 12.5. The third kappa shape index (κ3) is 5.82. The van der Waals surface area contributed by atoms with Crippen molar-refractivity contribution in [3.8, 4) is 0 Å². The Labute approximate surface area is 257 Å². The first kappa shape index (κ1) is 29.9. The van der Waals surface area contributed by atoms with Gasteiger partial charge in [-0.2, -0.15) is 0 Å². The molecule has 0 radical (unpaired) electrons. The molecule has 3 fully saturated rings. The maximum Gasteiger partial charge on any atom is 0.255 e. The molecular weight excluding hydrogens is 570 g/mol. The van der Waals surface area contributed by atoms with Crippen LogP contribution in [0.25, 0.3) is 11.0 Å². The van der Waals surface area contributed by atoms with Crippen LogP contribution < -0.4 is 5.32 Å². The number of rotatable bonds is 9. The number of likely N-dealkylation sites (tertiary alicyclic amines) is 1. The Hall–Kier alpha value is -2.20. The number of hydrogen-bond acceptors (Lipinski definition) is 6. The van der Waals surface area contributed by atoms with E-state index in [0.29, 0.717) is 40.5 Å². The molecule has 2 aromatic rings. The Bertz CT molecular complexity index is 1420. The minimum Gasteiger partial charge on any atom is -0.372 e. The molecule has 0 spiro atoms. The molecule has 0 bridgehead atoms. The Morgan fingerprint density at radius 1 is 1.17 bits per heavy atom. The minimum atomic E-state index is -0.469. The van der Waals surface area contributed by atoms with E-state index in [1.807, 2.05) is 32.2 Å². The van der Waals surface area contributed by atoms with Crippen molar-refractivity contribution in [3.05, 3.63) is 39.5 Å². The number of halogens is 1. The number of hydrogen-bond donors (Lipinski definition) is 1. The summed E-state index contributed by atoms with van der Waals surface area (Å²) in [5.41, 5.74) is 2.95. The number of carbonyl (C=O) groups is 2. The summed E-state index contributed by atoms with van der Waals surface area (Å²) >= 11 is 7.90. The standard InChI is InChI=1S/C32H42ClN5O3S/c1-18-12-28(42-4)27(31(39)36-18)15-35-32(40)29-20(3)38(30-26(29)13-22(33)14-34-30)19(2)21-8-10-23(11-9-21)37-16-25(17-37)41-24-6-5-7-24/h12-14,19,21,23-25,27H,5-11,15-17H2,1-4H3,(H,35,40)/t19-,21?,23?,27?/m1/s1. The summed E-state index contributed by atoms with van der Waals surface area (Å²) in [5.74, 6) is -0.398. The zero-order valence-electron chi connectivity index (χ0n) is 25.1. The largest absolute Gasteiger partial charge is 0.372 e. The van der Waals surface area contributed by atoms with Gasteiger partial charge in [-0.15, -0.1) is 11.8 Å². The predicted molar refractivity (Wildman–Crippen MR) is 170 cm³/mol. The van der Waals surface area contributed by atoms with Crippen LogP contribution in [0.5, 0.6) is 0 Å². The molecule has 2 aliphatic carbocycles. The maximum absolute atomic E-state index is 13.7. The first-order chi connectivity index (χ1) is 20.2. The second kappa shape index (κ2) is 12.4. The Balaban J connectivity index is 1.14. The average molecular weight is 612 g/mol. The van der Waals surface area contributed by atoms with Crippen LogP contribution in [0, 0.1) is 18.8 Å². The lowest BCUT2D eigenvalue weighted by atomic mass is 9.80. The minimum absolute atomic E-state index is 0.193. The van der Waals surface area contributed by atoms with Gasteiger partial charge in [0.1, 0.15) is 5.65 Å². The van der Waals surface area contributed by atoms with Gasteiger partial charge < -0.3 is 14.6 Å². The van der Waals surface area contributed by atoms with Crippen LogP contribution in [0.2, 0.25) is 5.02 Å². The molecule has 4 heterocycles. The van der Waals surface area contributed by atoms with Crippen LogP contribution in [-0.2, 0) is 9.53 Å². The zero-order valence-corrected chi connectivity index (χ0v) is 26.6. The summed E-state index contributed by atoms with van der Waals surface area (Å²) < 4.78 is 8.44. The molecule has 1 unspecified atom stereocenters. The van der Waals surface area contributed by atoms with E-state index in [9.17, 15) is 9.59 Å². The monoisotopic (exact) mass is 611 g/mol. The molecule has 4 aliphatic rings. The number of nitrogens with zero attached hydrogens (tertiary/aromatic N) is 4. The number of amides is 2. The van der Waals surface area contributed by atoms with E-state index in [1.165, 1.54) is 43.9 Å². The lowest BCUT2D eigenvalue weighted by molar-refractivity contribution is -0.129. The first-order valence-electron chi connectivity index (χ1n) is 15.4. The number of aliphatic imine (C=N–C) groups is 1. The molecule has 0 aromatic carbocycles. The normalized spacial score (nSPS) is 26.4. The maximum atomic E-state index is 13.7. The molecule has 10 heteroatoms. The van der Waals surface area contributed by atoms with Crippen molar-refractivity contribution in [2.24, 2.45) is 16.8 Å². The number of dihydropyridines is 1. The molecule has 1 N–H and O–H groups in total. The molecule has 42 heavy (non-hydrogen) atoms. The summed E-state index contributed by atoms with van der Waals surface area (Å²) in [7, 11) is 0. The number of allylic oxidation sites excluding steroid dienone is 1. The van der Waals surface area contributed by atoms with Crippen LogP contribution in [0.1, 0.15) is 80.9 Å². The van der Waals surface area contributed by atoms with Crippen molar-refractivity contribution in [2.45, 2.75) is 90.0 Å². The fourth-order valence-corrected chi connectivity index (χ4v) is 8.16. The summed E-state index contributed by atoms with van der Waals surface area (Å²) in [4.78, 5) is 38.7. The third-order valence-corrected chi connectivity index (χ3v) is 11.0. The van der Waals surface area contributed by atoms with Gasteiger partial charge in [0, 0.05) is 59.6 Å². The van der Waals surface area contributed by atoms with Crippen LogP contribution >= 0.6 is 23.4 Å². The molecule has 226 valence electrons. The Kier molecular flexibility index (Phi) is 8.83. The summed E-state index contributed by atoms with van der Waals surface area (Å²) in [6.07, 6.45) is 15.0. The summed E-state index contributed by atoms with van der Waals surface area (Å²) in [5, 5.41) is 4.28. The second-order valence-corrected chi connectivity index (χ2v) is 13.9. The topological polar surface area (TPSA) is 88.8 Å². The number of aromatic nitrogens is 2. The van der Waals surface area contributed by atoms with Crippen molar-refractivity contribution in [3.63, 3.8) is 0 Å². The summed E-state index contributed by atoms with van der Waals surface area (Å²) in [6, 6.07) is 2.68. The van der Waals surface area contributed by atoms with E-state index < -0.39 is 5.92 Å². The SMILES string of the molecule is CSC1=CC(C)=NC(=O)C1CNC(=O)c1c(C)n([C@H](C)C2CCC(N3CC(OC4CCC4)C3)CC2)c2ncc(Cl)cc12. The first-order valence-corrected chi connectivity index (χ1v) is 17.0. The van der Waals surface area contributed by atoms with Crippen LogP contribution in [0.15, 0.2) is 28.2 Å². The molecule has 2 aliphatic heterocycles. The lowest BCUT2D eigenvalue weighted by Gasteiger charge is -2.48. The van der Waals surface area contributed by atoms with Gasteiger partial charge in [-0.3, -0.25) is 14.5 Å². The molecule has 1 saturated heterocycles. The van der Waals surface area contributed by atoms with Gasteiger partial charge in [0.25, 0.3) is 11.8 Å². The quantitative estimate of drug-likeness (QED) is 0.376. The summed E-state index contributed by atoms with van der Waals surface area (Å²) in [6.45, 7) is 8.44. The number of nitrogens with one attached hydrogen (secondary N) is 1. The van der Waals surface area contributed by atoms with E-state index in [-0.39, 0.29) is 24.4 Å². The molecular formula is C32H42ClN5O3S. The molecule has 6 rings (SSSR count). The molecule has 2 atom stereocenters. The fourth-order valence-electron chi connectivity index (χ4n) is 7.24. The van der Waals surface area contributed by atoms with Crippen LogP contribution in [-0.4, -0.2) is 76.1 Å². The van der Waals surface area contributed by atoms with Crippen LogP contribution in [0.3, 0.4) is 0 Å². The van der Waals surface area contributed by atoms with Crippen molar-refractivity contribution in [1.29, 1.82) is 0 Å². The van der Waals surface area contributed by atoms with E-state index in [4.69, 9.17) is 21.3 Å². The zero-order chi connectivity index (χ0) is 29.5. The van der Waals surface area contributed by atoms with E-state index in [2.05, 4.69) is 26.7 Å². The Morgan fingerprint density at radius 2 is 1.90 bits per heavy atom. The smallest absolute Gasteiger partial charge is 0.255 e. The van der Waals surface area contributed by atoms with E-state index in [0.717, 1.165) is 47.6 Å². The van der Waals surface area contributed by atoms with Crippen molar-refractivity contribution in [2.75, 3.05) is 25.9 Å². The van der Waals surface area contributed by atoms with Gasteiger partial charge in [-0.25, -0.2) is 9.98 Å². The third-order valence-electron chi connectivity index (χ3n) is 9.92. The molecule has 2 aromatic heterocycles. The van der Waals surface area contributed by atoms with Gasteiger partial charge in [0.15, 0.2) is 0 Å². The number of ether oxygens (including phenoxy) is 1. The van der Waals surface area contributed by atoms with Gasteiger partial charge in [0.05, 0.1) is 28.7 Å². The highest BCUT2D eigenvalue weighted by Gasteiger charge is 2.38. The number of thioether (sulfide) groups is 1. The van der Waals surface area contributed by atoms with Crippen molar-refractivity contribution >= 4 is 51.9 Å². The average Bonchev–Trinajstić information content (AvgIpc) is 3.20. The molecule has 2 saturated carbocycles. The van der Waals surface area contributed by atoms with Crippen LogP contribution in [0.4, 0.5) is 0 Å². The van der Waals surface area contributed by atoms with Crippen molar-refractivity contribution in [1.82, 2.24) is 19.8 Å². The number of fused-ring (bicyclic) bond motifs is 1.